The van der Waals surface area contributed by atoms with Crippen molar-refractivity contribution in [3.8, 4) is 11.4 Å². The molecule has 0 saturated carbocycles. The largest absolute Gasteiger partial charge is 0.308 e. The zero-order valence-corrected chi connectivity index (χ0v) is 14.9. The second kappa shape index (κ2) is 6.13. The van der Waals surface area contributed by atoms with Gasteiger partial charge in [0.1, 0.15) is 0 Å². The summed E-state index contributed by atoms with van der Waals surface area (Å²) in [6.45, 7) is 3.49. The Kier molecular flexibility index (Phi) is 3.61. The lowest BCUT2D eigenvalue weighted by atomic mass is 10.3. The quantitative estimate of drug-likeness (QED) is 0.510. The highest BCUT2D eigenvalue weighted by atomic mass is 16.1. The molecule has 0 spiro atoms. The van der Waals surface area contributed by atoms with Crippen LogP contribution in [0.3, 0.4) is 0 Å². The van der Waals surface area contributed by atoms with Crippen molar-refractivity contribution in [2.24, 2.45) is 0 Å². The van der Waals surface area contributed by atoms with E-state index in [0.29, 0.717) is 22.5 Å². The summed E-state index contributed by atoms with van der Waals surface area (Å²) >= 11 is 0. The number of likely N-dealkylation sites (N-methyl/N-ethyl adjacent to an activating group) is 1. The van der Waals surface area contributed by atoms with Crippen LogP contribution in [-0.2, 0) is 0 Å². The molecule has 0 aliphatic carbocycles. The van der Waals surface area contributed by atoms with Gasteiger partial charge in [-0.15, -0.1) is 5.10 Å². The van der Waals surface area contributed by atoms with Crippen molar-refractivity contribution < 1.29 is 0 Å². The molecule has 136 valence electrons. The molecule has 0 aromatic carbocycles. The number of nitrogens with zero attached hydrogens (tertiary/aromatic N) is 8. The number of hydrogen-bond acceptors (Lipinski definition) is 7. The molecule has 0 radical (unpaired) electrons. The summed E-state index contributed by atoms with van der Waals surface area (Å²) in [5.74, 6) is 1.02. The smallest absolute Gasteiger partial charge is 0.280 e. The third-order valence-corrected chi connectivity index (χ3v) is 4.94. The minimum absolute atomic E-state index is 0.0904. The van der Waals surface area contributed by atoms with E-state index in [1.165, 1.54) is 0 Å². The molecule has 0 N–H and O–H groups in total. The summed E-state index contributed by atoms with van der Waals surface area (Å²) in [5, 5.41) is 7.14. The molecule has 1 aliphatic rings. The van der Waals surface area contributed by atoms with E-state index in [1.807, 2.05) is 24.4 Å². The summed E-state index contributed by atoms with van der Waals surface area (Å²) < 4.78 is 3.31. The van der Waals surface area contributed by atoms with E-state index in [2.05, 4.69) is 37.0 Å². The van der Waals surface area contributed by atoms with Crippen molar-refractivity contribution >= 4 is 16.7 Å². The summed E-state index contributed by atoms with van der Waals surface area (Å²) in [5.41, 5.74) is 1.46. The summed E-state index contributed by atoms with van der Waals surface area (Å²) in [6, 6.07) is 5.59. The van der Waals surface area contributed by atoms with Crippen LogP contribution in [0.25, 0.3) is 28.1 Å². The molecule has 4 aromatic heterocycles. The SMILES string of the molecule is CN1CCN(n2ccc3c(cnc4nc(-c5ccncc5)nn43)c2=O)CC1. The van der Waals surface area contributed by atoms with Crippen LogP contribution < -0.4 is 10.6 Å². The molecule has 1 fully saturated rings. The average Bonchev–Trinajstić information content (AvgIpc) is 3.15. The van der Waals surface area contributed by atoms with E-state index in [0.717, 1.165) is 31.7 Å². The Bertz CT molecular complexity index is 1170. The minimum Gasteiger partial charge on any atom is -0.308 e. The molecule has 0 atom stereocenters. The molecular formula is C18H18N8O. The minimum atomic E-state index is -0.0904. The van der Waals surface area contributed by atoms with Gasteiger partial charge in [0.2, 0.25) is 0 Å². The highest BCUT2D eigenvalue weighted by Crippen LogP contribution is 2.17. The highest BCUT2D eigenvalue weighted by molar-refractivity contribution is 5.79. The first-order valence-electron chi connectivity index (χ1n) is 8.82. The number of hydrogen-bond donors (Lipinski definition) is 0. The molecule has 0 unspecified atom stereocenters. The zero-order chi connectivity index (χ0) is 18.4. The van der Waals surface area contributed by atoms with E-state index in [4.69, 9.17) is 0 Å². The number of pyridine rings is 2. The summed E-state index contributed by atoms with van der Waals surface area (Å²) in [7, 11) is 2.09. The molecule has 9 nitrogen and oxygen atoms in total. The second-order valence-electron chi connectivity index (χ2n) is 6.66. The Morgan fingerprint density at radius 2 is 1.81 bits per heavy atom. The normalized spacial score (nSPS) is 15.7. The summed E-state index contributed by atoms with van der Waals surface area (Å²) in [6.07, 6.45) is 6.79. The van der Waals surface area contributed by atoms with Crippen LogP contribution in [0.5, 0.6) is 0 Å². The van der Waals surface area contributed by atoms with Crippen LogP contribution in [-0.4, -0.2) is 67.4 Å². The van der Waals surface area contributed by atoms with Gasteiger partial charge in [-0.1, -0.05) is 0 Å². The monoisotopic (exact) mass is 362 g/mol. The molecular weight excluding hydrogens is 344 g/mol. The maximum atomic E-state index is 13.0. The van der Waals surface area contributed by atoms with E-state index in [1.54, 1.807) is 27.8 Å². The van der Waals surface area contributed by atoms with Crippen molar-refractivity contribution in [1.29, 1.82) is 0 Å². The third kappa shape index (κ3) is 2.63. The van der Waals surface area contributed by atoms with E-state index in [9.17, 15) is 4.79 Å². The van der Waals surface area contributed by atoms with Gasteiger partial charge in [0.05, 0.1) is 10.9 Å². The van der Waals surface area contributed by atoms with Crippen LogP contribution in [0, 0.1) is 0 Å². The number of aromatic nitrogens is 6. The van der Waals surface area contributed by atoms with Crippen LogP contribution in [0.4, 0.5) is 0 Å². The molecule has 9 heteroatoms. The van der Waals surface area contributed by atoms with Crippen molar-refractivity contribution in [2.75, 3.05) is 38.2 Å². The maximum Gasteiger partial charge on any atom is 0.280 e. The van der Waals surface area contributed by atoms with Gasteiger partial charge in [-0.05, 0) is 25.2 Å². The Balaban J connectivity index is 1.63. The van der Waals surface area contributed by atoms with Gasteiger partial charge in [-0.2, -0.15) is 9.50 Å². The highest BCUT2D eigenvalue weighted by Gasteiger charge is 2.17. The van der Waals surface area contributed by atoms with Gasteiger partial charge in [-0.3, -0.25) is 9.78 Å². The maximum absolute atomic E-state index is 13.0. The molecule has 1 aliphatic heterocycles. The first-order chi connectivity index (χ1) is 13.2. The van der Waals surface area contributed by atoms with Crippen molar-refractivity contribution in [2.45, 2.75) is 0 Å². The molecule has 0 bridgehead atoms. The fraction of sp³-hybridized carbons (Fsp3) is 0.278. The van der Waals surface area contributed by atoms with E-state index in [-0.39, 0.29) is 5.56 Å². The Morgan fingerprint density at radius 3 is 2.59 bits per heavy atom. The van der Waals surface area contributed by atoms with Crippen LogP contribution in [0.2, 0.25) is 0 Å². The van der Waals surface area contributed by atoms with Gasteiger partial charge in [0.25, 0.3) is 11.3 Å². The van der Waals surface area contributed by atoms with Gasteiger partial charge in [0.15, 0.2) is 5.82 Å². The Morgan fingerprint density at radius 1 is 1.04 bits per heavy atom. The van der Waals surface area contributed by atoms with Gasteiger partial charge in [-0.25, -0.2) is 9.66 Å². The van der Waals surface area contributed by atoms with Crippen molar-refractivity contribution in [3.63, 3.8) is 0 Å². The first-order valence-corrected chi connectivity index (χ1v) is 8.82. The molecule has 5 heterocycles. The average molecular weight is 362 g/mol. The fourth-order valence-corrected chi connectivity index (χ4v) is 3.37. The first kappa shape index (κ1) is 15.9. The van der Waals surface area contributed by atoms with E-state index >= 15 is 0 Å². The lowest BCUT2D eigenvalue weighted by Gasteiger charge is -2.34. The molecule has 4 aromatic rings. The zero-order valence-electron chi connectivity index (χ0n) is 14.9. The molecule has 1 saturated heterocycles. The summed E-state index contributed by atoms with van der Waals surface area (Å²) in [4.78, 5) is 28.1. The molecule has 27 heavy (non-hydrogen) atoms. The predicted octanol–water partition coefficient (Wildman–Crippen LogP) is 0.385. The van der Waals surface area contributed by atoms with Crippen LogP contribution >= 0.6 is 0 Å². The number of rotatable bonds is 2. The molecule has 0 amide bonds. The van der Waals surface area contributed by atoms with Crippen molar-refractivity contribution in [3.05, 3.63) is 53.3 Å². The fourth-order valence-electron chi connectivity index (χ4n) is 3.37. The van der Waals surface area contributed by atoms with E-state index < -0.39 is 0 Å². The van der Waals surface area contributed by atoms with Gasteiger partial charge < -0.3 is 9.91 Å². The molecule has 5 rings (SSSR count). The number of fused-ring (bicyclic) bond motifs is 3. The van der Waals surface area contributed by atoms with Crippen molar-refractivity contribution in [1.82, 2.24) is 34.1 Å². The standard InChI is InChI=1S/C18H18N8O/c1-23-8-10-24(11-9-23)25-7-4-15-14(17(25)27)12-20-18-21-16(22-26(15)18)13-2-5-19-6-3-13/h2-7,12H,8-11H2,1H3. The Labute approximate surface area is 154 Å². The van der Waals surface area contributed by atoms with Crippen LogP contribution in [0.1, 0.15) is 0 Å². The lowest BCUT2D eigenvalue weighted by Crippen LogP contribution is -2.52. The topological polar surface area (TPSA) is 84.4 Å². The number of piperazine rings is 1. The van der Waals surface area contributed by atoms with Gasteiger partial charge >= 0.3 is 0 Å². The third-order valence-electron chi connectivity index (χ3n) is 4.94. The van der Waals surface area contributed by atoms with Gasteiger partial charge in [0, 0.05) is 56.5 Å². The lowest BCUT2D eigenvalue weighted by molar-refractivity contribution is 0.286. The second-order valence-corrected chi connectivity index (χ2v) is 6.66. The van der Waals surface area contributed by atoms with Crippen LogP contribution in [0.15, 0.2) is 47.8 Å². The predicted molar refractivity (Wildman–Crippen MR) is 101 cm³/mol. The Hall–Kier alpha value is -3.33.